The first-order chi connectivity index (χ1) is 8.33. The fraction of sp³-hybridized carbons (Fsp3) is 0.923. The van der Waals surface area contributed by atoms with Crippen LogP contribution in [0.25, 0.3) is 0 Å². The molecule has 0 aromatic carbocycles. The van der Waals surface area contributed by atoms with Gasteiger partial charge in [-0.05, 0) is 38.5 Å². The normalized spacial score (nSPS) is 35.9. The molecule has 4 nitrogen and oxygen atoms in total. The predicted molar refractivity (Wildman–Crippen MR) is 71.9 cm³/mol. The van der Waals surface area contributed by atoms with Crippen molar-refractivity contribution in [3.8, 4) is 0 Å². The van der Waals surface area contributed by atoms with E-state index in [2.05, 4.69) is 10.6 Å². The number of hydrogen-bond acceptors (Lipinski definition) is 3. The molecule has 18 heavy (non-hydrogen) atoms. The number of morpholine rings is 1. The van der Waals surface area contributed by atoms with Crippen molar-refractivity contribution in [2.75, 3.05) is 13.2 Å². The Balaban J connectivity index is 0.00000120. The summed E-state index contributed by atoms with van der Waals surface area (Å²) in [6.45, 7) is 1.75. The minimum absolute atomic E-state index is 0. The summed E-state index contributed by atoms with van der Waals surface area (Å²) in [6.07, 6.45) is 6.93. The van der Waals surface area contributed by atoms with Crippen molar-refractivity contribution < 1.29 is 9.53 Å². The number of ether oxygens (including phenoxy) is 1. The first-order valence-corrected chi connectivity index (χ1v) is 6.98. The number of nitrogens with one attached hydrogen (secondary N) is 2. The van der Waals surface area contributed by atoms with E-state index in [0.717, 1.165) is 32.4 Å². The third kappa shape index (κ3) is 2.98. The summed E-state index contributed by atoms with van der Waals surface area (Å²) in [5.41, 5.74) is 0. The van der Waals surface area contributed by atoms with Crippen LogP contribution in [0.2, 0.25) is 0 Å². The van der Waals surface area contributed by atoms with Crippen molar-refractivity contribution in [1.29, 1.82) is 0 Å². The molecule has 1 aliphatic heterocycles. The van der Waals surface area contributed by atoms with E-state index in [0.29, 0.717) is 18.2 Å². The summed E-state index contributed by atoms with van der Waals surface area (Å²) in [4.78, 5) is 12.1. The van der Waals surface area contributed by atoms with Crippen LogP contribution in [-0.4, -0.2) is 37.2 Å². The van der Waals surface area contributed by atoms with Crippen LogP contribution >= 0.6 is 12.4 Å². The van der Waals surface area contributed by atoms with Crippen molar-refractivity contribution in [3.05, 3.63) is 0 Å². The van der Waals surface area contributed by atoms with Crippen LogP contribution < -0.4 is 10.6 Å². The van der Waals surface area contributed by atoms with Crippen LogP contribution in [-0.2, 0) is 9.53 Å². The zero-order valence-corrected chi connectivity index (χ0v) is 11.5. The van der Waals surface area contributed by atoms with Crippen LogP contribution in [0.5, 0.6) is 0 Å². The van der Waals surface area contributed by atoms with Crippen LogP contribution in [0.1, 0.15) is 38.5 Å². The summed E-state index contributed by atoms with van der Waals surface area (Å²) >= 11 is 0. The second kappa shape index (κ2) is 6.22. The highest BCUT2D eigenvalue weighted by Gasteiger charge is 2.36. The monoisotopic (exact) mass is 274 g/mol. The van der Waals surface area contributed by atoms with E-state index in [1.165, 1.54) is 19.3 Å². The molecule has 0 aromatic heterocycles. The van der Waals surface area contributed by atoms with Crippen LogP contribution in [0.15, 0.2) is 0 Å². The van der Waals surface area contributed by atoms with Gasteiger partial charge in [0.05, 0.1) is 12.7 Å². The fourth-order valence-electron chi connectivity index (χ4n) is 3.12. The SMILES string of the molecule is Cl.O=C(NC1CCC1)[C@H]1CC[C@H]2OCCN[C@@H]2C1. The number of carbonyl (C=O) groups excluding carboxylic acids is 1. The number of carbonyl (C=O) groups is 1. The smallest absolute Gasteiger partial charge is 0.223 e. The van der Waals surface area contributed by atoms with Gasteiger partial charge in [0.1, 0.15) is 0 Å². The molecule has 1 heterocycles. The number of halogens is 1. The molecule has 104 valence electrons. The summed E-state index contributed by atoms with van der Waals surface area (Å²) in [7, 11) is 0. The maximum absolute atomic E-state index is 12.1. The molecule has 0 unspecified atom stereocenters. The average Bonchev–Trinajstić information content (AvgIpc) is 2.33. The summed E-state index contributed by atoms with van der Waals surface area (Å²) in [5.74, 6) is 0.478. The number of amides is 1. The van der Waals surface area contributed by atoms with Gasteiger partial charge in [0.2, 0.25) is 5.91 Å². The van der Waals surface area contributed by atoms with Gasteiger partial charge in [0.25, 0.3) is 0 Å². The summed E-state index contributed by atoms with van der Waals surface area (Å²) < 4.78 is 5.73. The maximum atomic E-state index is 12.1. The Labute approximate surface area is 115 Å². The molecule has 0 spiro atoms. The topological polar surface area (TPSA) is 50.4 Å². The van der Waals surface area contributed by atoms with Gasteiger partial charge in [-0.3, -0.25) is 4.79 Å². The lowest BCUT2D eigenvalue weighted by molar-refractivity contribution is -0.129. The first kappa shape index (κ1) is 14.1. The lowest BCUT2D eigenvalue weighted by Gasteiger charge is -2.40. The molecule has 3 aliphatic rings. The molecule has 1 amide bonds. The third-order valence-corrected chi connectivity index (χ3v) is 4.45. The maximum Gasteiger partial charge on any atom is 0.223 e. The van der Waals surface area contributed by atoms with Crippen LogP contribution in [0.3, 0.4) is 0 Å². The Kier molecular flexibility index (Phi) is 4.87. The molecular weight excluding hydrogens is 252 g/mol. The lowest BCUT2D eigenvalue weighted by Crippen LogP contribution is -2.54. The molecule has 3 fully saturated rings. The van der Waals surface area contributed by atoms with Gasteiger partial charge in [-0.1, -0.05) is 0 Å². The Morgan fingerprint density at radius 3 is 2.78 bits per heavy atom. The lowest BCUT2D eigenvalue weighted by atomic mass is 9.82. The van der Waals surface area contributed by atoms with E-state index in [4.69, 9.17) is 4.74 Å². The third-order valence-electron chi connectivity index (χ3n) is 4.45. The van der Waals surface area contributed by atoms with Gasteiger partial charge in [-0.25, -0.2) is 0 Å². The molecule has 2 saturated carbocycles. The van der Waals surface area contributed by atoms with Gasteiger partial charge in [-0.2, -0.15) is 0 Å². The van der Waals surface area contributed by atoms with Crippen molar-refractivity contribution in [2.45, 2.75) is 56.7 Å². The second-order valence-corrected chi connectivity index (χ2v) is 5.62. The molecule has 1 saturated heterocycles. The number of rotatable bonds is 2. The molecule has 2 N–H and O–H groups in total. The quantitative estimate of drug-likeness (QED) is 0.796. The summed E-state index contributed by atoms with van der Waals surface area (Å²) in [6, 6.07) is 0.866. The highest BCUT2D eigenvalue weighted by Crippen LogP contribution is 2.29. The van der Waals surface area contributed by atoms with E-state index in [1.807, 2.05) is 0 Å². The zero-order valence-electron chi connectivity index (χ0n) is 10.7. The molecule has 0 radical (unpaired) electrons. The van der Waals surface area contributed by atoms with Gasteiger partial charge < -0.3 is 15.4 Å². The van der Waals surface area contributed by atoms with Gasteiger partial charge in [0, 0.05) is 24.5 Å². The molecule has 5 heteroatoms. The molecule has 3 rings (SSSR count). The Morgan fingerprint density at radius 1 is 1.22 bits per heavy atom. The molecule has 3 atom stereocenters. The summed E-state index contributed by atoms with van der Waals surface area (Å²) in [5, 5.41) is 6.66. The van der Waals surface area contributed by atoms with Crippen LogP contribution in [0, 0.1) is 5.92 Å². The second-order valence-electron chi connectivity index (χ2n) is 5.62. The van der Waals surface area contributed by atoms with Gasteiger partial charge in [0.15, 0.2) is 0 Å². The van der Waals surface area contributed by atoms with Crippen molar-refractivity contribution in [3.63, 3.8) is 0 Å². The van der Waals surface area contributed by atoms with Crippen molar-refractivity contribution in [1.82, 2.24) is 10.6 Å². The fourth-order valence-corrected chi connectivity index (χ4v) is 3.12. The van der Waals surface area contributed by atoms with Crippen molar-refractivity contribution >= 4 is 18.3 Å². The largest absolute Gasteiger partial charge is 0.375 e. The highest BCUT2D eigenvalue weighted by molar-refractivity contribution is 5.85. The standard InChI is InChI=1S/C13H22N2O2.ClH/c16-13(15-10-2-1-3-10)9-4-5-12-11(8-9)14-6-7-17-12;/h9-12,14H,1-8H2,(H,15,16);1H/t9-,11+,12+;/m0./s1. The van der Waals surface area contributed by atoms with Gasteiger partial charge in [-0.15, -0.1) is 12.4 Å². The van der Waals surface area contributed by atoms with E-state index in [-0.39, 0.29) is 24.2 Å². The molecule has 0 bridgehead atoms. The minimum Gasteiger partial charge on any atom is -0.375 e. The van der Waals surface area contributed by atoms with E-state index in [9.17, 15) is 4.79 Å². The Morgan fingerprint density at radius 2 is 2.06 bits per heavy atom. The van der Waals surface area contributed by atoms with E-state index in [1.54, 1.807) is 0 Å². The predicted octanol–water partition coefficient (Wildman–Crippen LogP) is 1.23. The highest BCUT2D eigenvalue weighted by atomic mass is 35.5. The number of hydrogen-bond donors (Lipinski definition) is 2. The first-order valence-electron chi connectivity index (χ1n) is 6.98. The zero-order chi connectivity index (χ0) is 11.7. The Hall–Kier alpha value is -0.320. The van der Waals surface area contributed by atoms with Crippen LogP contribution in [0.4, 0.5) is 0 Å². The average molecular weight is 275 g/mol. The van der Waals surface area contributed by atoms with E-state index < -0.39 is 0 Å². The van der Waals surface area contributed by atoms with Gasteiger partial charge >= 0.3 is 0 Å². The minimum atomic E-state index is 0. The molecular formula is C13H23ClN2O2. The molecule has 0 aromatic rings. The van der Waals surface area contributed by atoms with E-state index >= 15 is 0 Å². The molecule has 2 aliphatic carbocycles. The Bertz CT molecular complexity index is 297. The number of fused-ring (bicyclic) bond motifs is 1. The van der Waals surface area contributed by atoms with Crippen molar-refractivity contribution in [2.24, 2.45) is 5.92 Å².